The zero-order valence-electron chi connectivity index (χ0n) is 12.2. The van der Waals surface area contributed by atoms with Gasteiger partial charge in [0.2, 0.25) is 0 Å². The van der Waals surface area contributed by atoms with Crippen LogP contribution in [-0.2, 0) is 4.79 Å². The summed E-state index contributed by atoms with van der Waals surface area (Å²) < 4.78 is 5.21. The monoisotopic (exact) mass is 289 g/mol. The third-order valence-corrected chi connectivity index (χ3v) is 3.33. The standard InChI is InChI=1S/C19H15NO2/c1-14-9-11-17(13-20-14)22-19(21)12-10-16-7-4-6-15-5-2-3-8-18(15)16/h2-13H,1H3. The molecule has 0 aliphatic heterocycles. The summed E-state index contributed by atoms with van der Waals surface area (Å²) in [5.41, 5.74) is 1.86. The van der Waals surface area contributed by atoms with Gasteiger partial charge in [-0.15, -0.1) is 0 Å². The van der Waals surface area contributed by atoms with Crippen molar-refractivity contribution in [1.29, 1.82) is 0 Å². The predicted molar refractivity (Wildman–Crippen MR) is 87.6 cm³/mol. The van der Waals surface area contributed by atoms with Crippen LogP contribution in [-0.4, -0.2) is 11.0 Å². The van der Waals surface area contributed by atoms with E-state index in [0.717, 1.165) is 22.0 Å². The van der Waals surface area contributed by atoms with Gasteiger partial charge in [-0.25, -0.2) is 4.79 Å². The summed E-state index contributed by atoms with van der Waals surface area (Å²) in [6, 6.07) is 17.6. The van der Waals surface area contributed by atoms with E-state index in [1.54, 1.807) is 24.4 Å². The van der Waals surface area contributed by atoms with Crippen molar-refractivity contribution in [3.8, 4) is 5.75 Å². The molecule has 0 saturated heterocycles. The van der Waals surface area contributed by atoms with Crippen LogP contribution >= 0.6 is 0 Å². The van der Waals surface area contributed by atoms with Crippen molar-refractivity contribution >= 4 is 22.8 Å². The van der Waals surface area contributed by atoms with Crippen LogP contribution in [0.2, 0.25) is 0 Å². The normalized spacial score (nSPS) is 11.0. The Bertz CT molecular complexity index is 830. The maximum Gasteiger partial charge on any atom is 0.336 e. The van der Waals surface area contributed by atoms with Crippen molar-refractivity contribution in [2.45, 2.75) is 6.92 Å². The van der Waals surface area contributed by atoms with Crippen LogP contribution in [0.15, 0.2) is 66.9 Å². The molecule has 0 atom stereocenters. The molecule has 0 N–H and O–H groups in total. The van der Waals surface area contributed by atoms with E-state index in [1.807, 2.05) is 49.4 Å². The molecule has 3 aromatic rings. The van der Waals surface area contributed by atoms with E-state index in [-0.39, 0.29) is 0 Å². The third-order valence-electron chi connectivity index (χ3n) is 3.33. The fourth-order valence-electron chi connectivity index (χ4n) is 2.22. The summed E-state index contributed by atoms with van der Waals surface area (Å²) in [6.07, 6.45) is 4.74. The van der Waals surface area contributed by atoms with E-state index in [1.165, 1.54) is 6.08 Å². The van der Waals surface area contributed by atoms with Gasteiger partial charge in [0.1, 0.15) is 5.75 Å². The number of nitrogens with zero attached hydrogens (tertiary/aromatic N) is 1. The Balaban J connectivity index is 1.78. The first-order valence-electron chi connectivity index (χ1n) is 7.03. The van der Waals surface area contributed by atoms with Gasteiger partial charge < -0.3 is 4.74 Å². The second kappa shape index (κ2) is 6.22. The van der Waals surface area contributed by atoms with Gasteiger partial charge in [0.05, 0.1) is 6.20 Å². The highest BCUT2D eigenvalue weighted by Crippen LogP contribution is 2.19. The summed E-state index contributed by atoms with van der Waals surface area (Å²) in [7, 11) is 0. The minimum Gasteiger partial charge on any atom is -0.422 e. The number of aromatic nitrogens is 1. The Morgan fingerprint density at radius 3 is 2.68 bits per heavy atom. The van der Waals surface area contributed by atoms with E-state index >= 15 is 0 Å². The SMILES string of the molecule is Cc1ccc(OC(=O)C=Cc2cccc3ccccc23)cn1. The molecule has 3 rings (SSSR count). The van der Waals surface area contributed by atoms with Crippen molar-refractivity contribution in [1.82, 2.24) is 4.98 Å². The van der Waals surface area contributed by atoms with Crippen LogP contribution in [0.5, 0.6) is 5.75 Å². The maximum absolute atomic E-state index is 11.9. The van der Waals surface area contributed by atoms with E-state index in [0.29, 0.717) is 5.75 Å². The zero-order chi connectivity index (χ0) is 15.4. The molecule has 0 fully saturated rings. The molecule has 3 heteroatoms. The lowest BCUT2D eigenvalue weighted by Crippen LogP contribution is -2.03. The van der Waals surface area contributed by atoms with E-state index in [2.05, 4.69) is 4.98 Å². The van der Waals surface area contributed by atoms with Crippen LogP contribution in [0.3, 0.4) is 0 Å². The Kier molecular flexibility index (Phi) is 3.97. The molecule has 0 amide bonds. The number of aryl methyl sites for hydroxylation is 1. The quantitative estimate of drug-likeness (QED) is 0.537. The third kappa shape index (κ3) is 3.20. The van der Waals surface area contributed by atoms with Crippen LogP contribution in [0.1, 0.15) is 11.3 Å². The Morgan fingerprint density at radius 1 is 1.05 bits per heavy atom. The number of pyridine rings is 1. The van der Waals surface area contributed by atoms with Gasteiger partial charge in [-0.1, -0.05) is 42.5 Å². The van der Waals surface area contributed by atoms with E-state index < -0.39 is 5.97 Å². The molecule has 0 aliphatic carbocycles. The summed E-state index contributed by atoms with van der Waals surface area (Å²) in [4.78, 5) is 16.0. The van der Waals surface area contributed by atoms with Gasteiger partial charge in [0.15, 0.2) is 0 Å². The minimum atomic E-state index is -0.418. The van der Waals surface area contributed by atoms with Crippen molar-refractivity contribution in [3.05, 3.63) is 78.1 Å². The number of esters is 1. The summed E-state index contributed by atoms with van der Waals surface area (Å²) in [5.74, 6) is 0.0248. The van der Waals surface area contributed by atoms with Crippen molar-refractivity contribution in [3.63, 3.8) is 0 Å². The van der Waals surface area contributed by atoms with Gasteiger partial charge in [0, 0.05) is 11.8 Å². The van der Waals surface area contributed by atoms with Crippen LogP contribution in [0.25, 0.3) is 16.8 Å². The predicted octanol–water partition coefficient (Wildman–Crippen LogP) is 4.16. The van der Waals surface area contributed by atoms with Crippen LogP contribution < -0.4 is 4.74 Å². The Hall–Kier alpha value is -2.94. The van der Waals surface area contributed by atoms with Crippen LogP contribution in [0.4, 0.5) is 0 Å². The Morgan fingerprint density at radius 2 is 1.86 bits per heavy atom. The fourth-order valence-corrected chi connectivity index (χ4v) is 2.22. The highest BCUT2D eigenvalue weighted by molar-refractivity contribution is 5.95. The molecule has 1 aromatic heterocycles. The molecule has 0 aliphatic rings. The number of carbonyl (C=O) groups is 1. The lowest BCUT2D eigenvalue weighted by atomic mass is 10.0. The highest BCUT2D eigenvalue weighted by atomic mass is 16.5. The topological polar surface area (TPSA) is 39.2 Å². The number of fused-ring (bicyclic) bond motifs is 1. The van der Waals surface area contributed by atoms with Gasteiger partial charge in [0.25, 0.3) is 0 Å². The number of benzene rings is 2. The summed E-state index contributed by atoms with van der Waals surface area (Å²) in [5, 5.41) is 2.24. The van der Waals surface area contributed by atoms with Crippen molar-refractivity contribution in [2.24, 2.45) is 0 Å². The van der Waals surface area contributed by atoms with E-state index in [9.17, 15) is 4.79 Å². The molecule has 3 nitrogen and oxygen atoms in total. The number of hydrogen-bond acceptors (Lipinski definition) is 3. The molecule has 0 radical (unpaired) electrons. The van der Waals surface area contributed by atoms with Gasteiger partial charge in [-0.3, -0.25) is 4.98 Å². The van der Waals surface area contributed by atoms with E-state index in [4.69, 9.17) is 4.74 Å². The minimum absolute atomic E-state index is 0.418. The summed E-state index contributed by atoms with van der Waals surface area (Å²) >= 11 is 0. The molecule has 0 saturated carbocycles. The molecular formula is C19H15NO2. The molecule has 22 heavy (non-hydrogen) atoms. The van der Waals surface area contributed by atoms with Gasteiger partial charge in [-0.05, 0) is 41.5 Å². The number of carbonyl (C=O) groups excluding carboxylic acids is 1. The first-order valence-corrected chi connectivity index (χ1v) is 7.03. The van der Waals surface area contributed by atoms with Crippen molar-refractivity contribution in [2.75, 3.05) is 0 Å². The van der Waals surface area contributed by atoms with Crippen molar-refractivity contribution < 1.29 is 9.53 Å². The molecule has 0 bridgehead atoms. The largest absolute Gasteiger partial charge is 0.422 e. The van der Waals surface area contributed by atoms with Gasteiger partial charge >= 0.3 is 5.97 Å². The lowest BCUT2D eigenvalue weighted by molar-refractivity contribution is -0.128. The lowest BCUT2D eigenvalue weighted by Gasteiger charge is -2.02. The second-order valence-corrected chi connectivity index (χ2v) is 4.96. The Labute approximate surface area is 128 Å². The molecule has 0 spiro atoms. The van der Waals surface area contributed by atoms with Crippen LogP contribution in [0, 0.1) is 6.92 Å². The van der Waals surface area contributed by atoms with Gasteiger partial charge in [-0.2, -0.15) is 0 Å². The second-order valence-electron chi connectivity index (χ2n) is 4.96. The molecule has 108 valence electrons. The smallest absolute Gasteiger partial charge is 0.336 e. The molecule has 2 aromatic carbocycles. The number of ether oxygens (including phenoxy) is 1. The highest BCUT2D eigenvalue weighted by Gasteiger charge is 2.02. The maximum atomic E-state index is 11.9. The number of hydrogen-bond donors (Lipinski definition) is 0. The molecular weight excluding hydrogens is 274 g/mol. The molecule has 0 unspecified atom stereocenters. The fraction of sp³-hybridized carbons (Fsp3) is 0.0526. The zero-order valence-corrected chi connectivity index (χ0v) is 12.2. The average molecular weight is 289 g/mol. The first kappa shape index (κ1) is 14.0. The first-order chi connectivity index (χ1) is 10.7. The summed E-state index contributed by atoms with van der Waals surface area (Å²) in [6.45, 7) is 1.88. The molecule has 1 heterocycles. The average Bonchev–Trinajstić information content (AvgIpc) is 2.55. The number of rotatable bonds is 3.